The minimum atomic E-state index is 0.493. The van der Waals surface area contributed by atoms with Gasteiger partial charge in [-0.05, 0) is 52.6 Å². The molecule has 0 fully saturated rings. The molecule has 1 aromatic heterocycles. The zero-order chi connectivity index (χ0) is 14.1. The third kappa shape index (κ3) is 2.16. The van der Waals surface area contributed by atoms with Gasteiger partial charge < -0.3 is 10.5 Å². The Balaban J connectivity index is 2.01. The zero-order valence-electron chi connectivity index (χ0n) is 10.8. The third-order valence-corrected chi connectivity index (χ3v) is 3.40. The molecule has 5 nitrogen and oxygen atoms in total. The molecule has 3 rings (SSSR count). The molecule has 0 amide bonds. The number of nitrogens with two attached hydrogens (primary N) is 1. The van der Waals surface area contributed by atoms with E-state index in [9.17, 15) is 0 Å². The molecule has 0 unspecified atom stereocenters. The molecule has 2 aromatic carbocycles. The van der Waals surface area contributed by atoms with Gasteiger partial charge in [0.25, 0.3) is 0 Å². The summed E-state index contributed by atoms with van der Waals surface area (Å²) in [6, 6.07) is 8.96. The molecule has 102 valence electrons. The van der Waals surface area contributed by atoms with Crippen molar-refractivity contribution in [2.75, 3.05) is 5.73 Å². The summed E-state index contributed by atoms with van der Waals surface area (Å²) in [5.74, 6) is 1.22. The minimum absolute atomic E-state index is 0.493. The Morgan fingerprint density at radius 3 is 2.80 bits per heavy atom. The van der Waals surface area contributed by atoms with Crippen molar-refractivity contribution >= 4 is 28.3 Å². The molecule has 6 heteroatoms. The Hall–Kier alpha value is -2.27. The largest absolute Gasteiger partial charge is 0.455 e. The van der Waals surface area contributed by atoms with Crippen molar-refractivity contribution in [3.63, 3.8) is 0 Å². The van der Waals surface area contributed by atoms with Crippen LogP contribution in [0.1, 0.15) is 12.5 Å². The van der Waals surface area contributed by atoms with Crippen molar-refractivity contribution in [3.8, 4) is 11.5 Å². The molecule has 3 aromatic rings. The molecule has 0 radical (unpaired) electrons. The Kier molecular flexibility index (Phi) is 3.20. The first-order valence-electron chi connectivity index (χ1n) is 6.16. The molecule has 1 heterocycles. The van der Waals surface area contributed by atoms with Crippen LogP contribution in [0.4, 0.5) is 5.69 Å². The summed E-state index contributed by atoms with van der Waals surface area (Å²) in [5, 5.41) is 8.30. The number of nitrogens with zero attached hydrogens (tertiary/aromatic N) is 2. The van der Waals surface area contributed by atoms with Gasteiger partial charge in [-0.15, -0.1) is 0 Å². The zero-order valence-corrected chi connectivity index (χ0v) is 11.5. The van der Waals surface area contributed by atoms with Gasteiger partial charge in [-0.2, -0.15) is 0 Å². The first-order chi connectivity index (χ1) is 9.69. The highest BCUT2D eigenvalue weighted by Gasteiger charge is 2.12. The van der Waals surface area contributed by atoms with Crippen LogP contribution in [-0.2, 0) is 6.42 Å². The Bertz CT molecular complexity index is 770. The molecule has 20 heavy (non-hydrogen) atoms. The predicted molar refractivity (Wildman–Crippen MR) is 77.1 cm³/mol. The van der Waals surface area contributed by atoms with E-state index in [1.54, 1.807) is 18.2 Å². The van der Waals surface area contributed by atoms with Gasteiger partial charge in [-0.1, -0.05) is 18.5 Å². The van der Waals surface area contributed by atoms with Crippen LogP contribution in [0.15, 0.2) is 35.0 Å². The minimum Gasteiger partial charge on any atom is -0.455 e. The van der Waals surface area contributed by atoms with Crippen molar-refractivity contribution in [2.24, 2.45) is 0 Å². The molecule has 0 aliphatic carbocycles. The van der Waals surface area contributed by atoms with Gasteiger partial charge in [0, 0.05) is 5.02 Å². The van der Waals surface area contributed by atoms with Gasteiger partial charge in [-0.3, -0.25) is 0 Å². The average molecular weight is 290 g/mol. The first kappa shape index (κ1) is 12.7. The summed E-state index contributed by atoms with van der Waals surface area (Å²) >= 11 is 6.09. The first-order valence-corrected chi connectivity index (χ1v) is 6.54. The van der Waals surface area contributed by atoms with Crippen molar-refractivity contribution in [1.82, 2.24) is 10.3 Å². The Labute approximate surface area is 120 Å². The number of halogens is 1. The molecule has 0 spiro atoms. The van der Waals surface area contributed by atoms with E-state index in [-0.39, 0.29) is 0 Å². The summed E-state index contributed by atoms with van der Waals surface area (Å²) in [6.45, 7) is 2.04. The third-order valence-electron chi connectivity index (χ3n) is 3.04. The van der Waals surface area contributed by atoms with Crippen LogP contribution in [0.3, 0.4) is 0 Å². The highest BCUT2D eigenvalue weighted by atomic mass is 35.5. The molecule has 0 saturated heterocycles. The number of rotatable bonds is 3. The number of benzene rings is 2. The Morgan fingerprint density at radius 2 is 2.00 bits per heavy atom. The fraction of sp³-hybridized carbons (Fsp3) is 0.143. The number of fused-ring (bicyclic) bond motifs is 1. The van der Waals surface area contributed by atoms with Crippen LogP contribution in [0.2, 0.25) is 5.02 Å². The lowest BCUT2D eigenvalue weighted by Crippen LogP contribution is -1.91. The maximum absolute atomic E-state index is 6.09. The van der Waals surface area contributed by atoms with Gasteiger partial charge in [0.05, 0.1) is 5.69 Å². The summed E-state index contributed by atoms with van der Waals surface area (Å²) < 4.78 is 10.5. The number of anilines is 1. The van der Waals surface area contributed by atoms with Crippen LogP contribution in [0.25, 0.3) is 11.0 Å². The molecule has 0 bridgehead atoms. The van der Waals surface area contributed by atoms with Crippen molar-refractivity contribution in [1.29, 1.82) is 0 Å². The second-order valence-corrected chi connectivity index (χ2v) is 4.73. The van der Waals surface area contributed by atoms with E-state index in [1.165, 1.54) is 0 Å². The summed E-state index contributed by atoms with van der Waals surface area (Å²) in [7, 11) is 0. The topological polar surface area (TPSA) is 74.2 Å². The summed E-state index contributed by atoms with van der Waals surface area (Å²) in [4.78, 5) is 0. The van der Waals surface area contributed by atoms with E-state index in [0.29, 0.717) is 28.2 Å². The van der Waals surface area contributed by atoms with Crippen molar-refractivity contribution in [2.45, 2.75) is 13.3 Å². The predicted octanol–water partition coefficient (Wildman–Crippen LogP) is 3.81. The van der Waals surface area contributed by atoms with Gasteiger partial charge in [-0.25, -0.2) is 4.63 Å². The monoisotopic (exact) mass is 289 g/mol. The molecule has 0 saturated carbocycles. The van der Waals surface area contributed by atoms with Crippen molar-refractivity contribution < 1.29 is 9.37 Å². The molecular weight excluding hydrogens is 278 g/mol. The van der Waals surface area contributed by atoms with E-state index >= 15 is 0 Å². The van der Waals surface area contributed by atoms with E-state index in [4.69, 9.17) is 26.7 Å². The number of hydrogen-bond acceptors (Lipinski definition) is 5. The van der Waals surface area contributed by atoms with Crippen LogP contribution in [-0.4, -0.2) is 10.3 Å². The molecule has 0 atom stereocenters. The maximum Gasteiger partial charge on any atom is 0.179 e. The number of aromatic nitrogens is 2. The second kappa shape index (κ2) is 5.02. The normalized spacial score (nSPS) is 10.9. The van der Waals surface area contributed by atoms with Crippen LogP contribution < -0.4 is 10.5 Å². The molecule has 0 aliphatic rings. The molecule has 0 aliphatic heterocycles. The number of nitrogen functional groups attached to an aromatic ring is 1. The van der Waals surface area contributed by atoms with Crippen LogP contribution in [0.5, 0.6) is 11.5 Å². The van der Waals surface area contributed by atoms with Crippen LogP contribution in [0, 0.1) is 0 Å². The summed E-state index contributed by atoms with van der Waals surface area (Å²) in [6.07, 6.45) is 0.832. The Morgan fingerprint density at radius 1 is 1.20 bits per heavy atom. The SMILES string of the molecule is CCc1cc(Oc2ccc(N)c3nonc23)ccc1Cl. The van der Waals surface area contributed by atoms with Gasteiger partial charge in [0.15, 0.2) is 16.8 Å². The average Bonchev–Trinajstić information content (AvgIpc) is 2.94. The van der Waals surface area contributed by atoms with Crippen LogP contribution >= 0.6 is 11.6 Å². The number of aryl methyl sites for hydroxylation is 1. The standard InChI is InChI=1S/C14H12ClN3O2/c1-2-8-7-9(3-4-10(8)15)19-12-6-5-11(16)13-14(12)18-20-17-13/h3-7H,2,16H2,1H3. The molecule has 2 N–H and O–H groups in total. The lowest BCUT2D eigenvalue weighted by Gasteiger charge is -2.08. The van der Waals surface area contributed by atoms with Gasteiger partial charge >= 0.3 is 0 Å². The second-order valence-electron chi connectivity index (χ2n) is 4.32. The van der Waals surface area contributed by atoms with E-state index in [0.717, 1.165) is 17.0 Å². The summed E-state index contributed by atoms with van der Waals surface area (Å²) in [5.41, 5.74) is 8.31. The van der Waals surface area contributed by atoms with Crippen molar-refractivity contribution in [3.05, 3.63) is 40.9 Å². The maximum atomic E-state index is 6.09. The highest BCUT2D eigenvalue weighted by Crippen LogP contribution is 2.32. The highest BCUT2D eigenvalue weighted by molar-refractivity contribution is 6.31. The fourth-order valence-electron chi connectivity index (χ4n) is 1.96. The van der Waals surface area contributed by atoms with E-state index < -0.39 is 0 Å². The quantitative estimate of drug-likeness (QED) is 0.742. The van der Waals surface area contributed by atoms with Gasteiger partial charge in [0.1, 0.15) is 5.75 Å². The van der Waals surface area contributed by atoms with E-state index in [2.05, 4.69) is 10.3 Å². The number of ether oxygens (including phenoxy) is 1. The van der Waals surface area contributed by atoms with E-state index in [1.807, 2.05) is 19.1 Å². The number of hydrogen-bond donors (Lipinski definition) is 1. The lowest BCUT2D eigenvalue weighted by molar-refractivity contribution is 0.314. The molecular formula is C14H12ClN3O2. The fourth-order valence-corrected chi connectivity index (χ4v) is 2.21. The smallest absolute Gasteiger partial charge is 0.179 e. The lowest BCUT2D eigenvalue weighted by atomic mass is 10.1. The van der Waals surface area contributed by atoms with Gasteiger partial charge in [0.2, 0.25) is 0 Å².